The van der Waals surface area contributed by atoms with Crippen LogP contribution in [0.15, 0.2) is 182 Å². The van der Waals surface area contributed by atoms with E-state index in [4.69, 9.17) is 0 Å². The maximum atomic E-state index is 9.44. The van der Waals surface area contributed by atoms with E-state index in [1.54, 1.807) is 0 Å². The molecular weight excluding hydrogens is 709 g/mol. The van der Waals surface area contributed by atoms with Gasteiger partial charge in [0.25, 0.3) is 0 Å². The second kappa shape index (κ2) is 39.6. The molecule has 0 saturated heterocycles. The van der Waals surface area contributed by atoms with Crippen LogP contribution in [0.2, 0.25) is 0 Å². The first-order valence-corrected chi connectivity index (χ1v) is 19.8. The van der Waals surface area contributed by atoms with E-state index in [1.165, 1.54) is 74.9 Å². The molecule has 6 aromatic rings. The van der Waals surface area contributed by atoms with Crippen molar-refractivity contribution in [3.63, 3.8) is 0 Å². The lowest BCUT2D eigenvalue weighted by Gasteiger charge is -2.18. The predicted octanol–water partition coefficient (Wildman–Crippen LogP) is 15.9. The number of rotatable bonds is 6. The lowest BCUT2D eigenvalue weighted by Crippen LogP contribution is -2.02. The zero-order chi connectivity index (χ0) is 42.6. The van der Waals surface area contributed by atoms with Gasteiger partial charge in [-0.1, -0.05) is 238 Å². The molecule has 0 aliphatic heterocycles. The highest BCUT2D eigenvalue weighted by molar-refractivity contribution is 5.72. The van der Waals surface area contributed by atoms with Crippen LogP contribution >= 0.6 is 0 Å². The molecule has 6 rings (SSSR count). The molecule has 0 N–H and O–H groups in total. The molecule has 0 radical (unpaired) electrons. The summed E-state index contributed by atoms with van der Waals surface area (Å²) < 4.78 is 0. The fraction of sp³-hybridized carbons (Fsp3) is 0.291. The van der Waals surface area contributed by atoms with Gasteiger partial charge in [-0.05, 0) is 74.9 Å². The number of carbonyl (C=O) groups excluding carboxylic acids is 3. The van der Waals surface area contributed by atoms with Crippen molar-refractivity contribution in [2.75, 3.05) is 0 Å². The number of carbonyl (C=O) groups is 3. The van der Waals surface area contributed by atoms with Crippen LogP contribution in [0.1, 0.15) is 143 Å². The van der Waals surface area contributed by atoms with Crippen molar-refractivity contribution in [3.05, 3.63) is 215 Å². The molecule has 3 heteroatoms. The van der Waals surface area contributed by atoms with Crippen molar-refractivity contribution in [1.29, 1.82) is 0 Å². The molecule has 0 unspecified atom stereocenters. The standard InChI is InChI=1S/2C19H16.3C3H6O.3C2H6.2CH4/c2*1-4-10-16(11-5-1)19(17-12-6-2-7-13-17)18-14-8-3-9-15-18;3*1-3(2)4;3*1-2;;/h2*1-15,19H;3*1-2H3;3*1-2H3;2*1H4. The van der Waals surface area contributed by atoms with Crippen LogP contribution in [0.25, 0.3) is 0 Å². The topological polar surface area (TPSA) is 51.2 Å². The Hall–Kier alpha value is -5.67. The van der Waals surface area contributed by atoms with Gasteiger partial charge in [0.15, 0.2) is 0 Å². The van der Waals surface area contributed by atoms with Gasteiger partial charge in [0.2, 0.25) is 0 Å². The Labute approximate surface area is 355 Å². The summed E-state index contributed by atoms with van der Waals surface area (Å²) in [6.45, 7) is 21.2. The van der Waals surface area contributed by atoms with Gasteiger partial charge in [-0.2, -0.15) is 0 Å². The quantitative estimate of drug-likeness (QED) is 0.158. The van der Waals surface area contributed by atoms with Crippen molar-refractivity contribution in [2.45, 2.75) is 110 Å². The molecule has 0 spiro atoms. The maximum absolute atomic E-state index is 9.44. The third-order valence-corrected chi connectivity index (χ3v) is 6.80. The second-order valence-corrected chi connectivity index (χ2v) is 12.1. The third-order valence-electron chi connectivity index (χ3n) is 6.80. The number of ketones is 3. The fourth-order valence-electron chi connectivity index (χ4n) is 5.03. The highest BCUT2D eigenvalue weighted by Gasteiger charge is 2.16. The minimum atomic E-state index is 0. The van der Waals surface area contributed by atoms with Gasteiger partial charge in [-0.25, -0.2) is 0 Å². The van der Waals surface area contributed by atoms with Crippen molar-refractivity contribution < 1.29 is 14.4 Å². The number of hydrogen-bond donors (Lipinski definition) is 0. The van der Waals surface area contributed by atoms with Gasteiger partial charge in [0, 0.05) is 11.8 Å². The summed E-state index contributed by atoms with van der Waals surface area (Å²) in [5.41, 5.74) is 8.00. The first-order valence-electron chi connectivity index (χ1n) is 19.8. The Balaban J connectivity index is -0.000000350. The summed E-state index contributed by atoms with van der Waals surface area (Å²) in [6.07, 6.45) is 0. The van der Waals surface area contributed by atoms with Crippen LogP contribution in [-0.4, -0.2) is 17.3 Å². The smallest absolute Gasteiger partial charge is 0.126 e. The summed E-state index contributed by atoms with van der Waals surface area (Å²) in [5.74, 6) is 1.12. The summed E-state index contributed by atoms with van der Waals surface area (Å²) in [4.78, 5) is 28.3. The molecule has 0 saturated carbocycles. The molecule has 6 aromatic carbocycles. The highest BCUT2D eigenvalue weighted by atomic mass is 16.1. The minimum Gasteiger partial charge on any atom is -0.300 e. The molecule has 58 heavy (non-hydrogen) atoms. The maximum Gasteiger partial charge on any atom is 0.126 e. The number of hydrogen-bond acceptors (Lipinski definition) is 3. The van der Waals surface area contributed by atoms with E-state index in [-0.39, 0.29) is 32.2 Å². The Morgan fingerprint density at radius 1 is 0.259 bits per heavy atom. The molecule has 314 valence electrons. The van der Waals surface area contributed by atoms with Crippen molar-refractivity contribution in [3.8, 4) is 0 Å². The van der Waals surface area contributed by atoms with Gasteiger partial charge in [-0.3, -0.25) is 0 Å². The molecule has 0 aliphatic rings. The van der Waals surface area contributed by atoms with E-state index in [0.29, 0.717) is 11.8 Å². The Bertz CT molecular complexity index is 1420. The minimum absolute atomic E-state index is 0. The first-order chi connectivity index (χ1) is 27.1. The van der Waals surface area contributed by atoms with E-state index in [9.17, 15) is 14.4 Å². The third kappa shape index (κ3) is 27.8. The van der Waals surface area contributed by atoms with Crippen LogP contribution in [0.3, 0.4) is 0 Å². The lowest BCUT2D eigenvalue weighted by molar-refractivity contribution is -0.115. The highest BCUT2D eigenvalue weighted by Crippen LogP contribution is 2.32. The predicted molar refractivity (Wildman–Crippen MR) is 257 cm³/mol. The molecule has 0 amide bonds. The summed E-state index contributed by atoms with van der Waals surface area (Å²) in [7, 11) is 0. The molecule has 0 bridgehead atoms. The van der Waals surface area contributed by atoms with Crippen molar-refractivity contribution in [2.24, 2.45) is 0 Å². The van der Waals surface area contributed by atoms with Crippen LogP contribution in [0.5, 0.6) is 0 Å². The summed E-state index contributed by atoms with van der Waals surface area (Å²) in [5, 5.41) is 0. The van der Waals surface area contributed by atoms with Gasteiger partial charge < -0.3 is 14.4 Å². The fourth-order valence-corrected chi connectivity index (χ4v) is 5.03. The summed E-state index contributed by atoms with van der Waals surface area (Å²) >= 11 is 0. The Kier molecular flexibility index (Phi) is 40.3. The van der Waals surface area contributed by atoms with Crippen LogP contribution in [0, 0.1) is 0 Å². The average molecular weight is 785 g/mol. The van der Waals surface area contributed by atoms with Crippen LogP contribution in [0.4, 0.5) is 0 Å². The zero-order valence-corrected chi connectivity index (χ0v) is 36.2. The van der Waals surface area contributed by atoms with E-state index in [0.717, 1.165) is 0 Å². The first kappa shape index (κ1) is 59.0. The van der Waals surface area contributed by atoms with Crippen molar-refractivity contribution >= 4 is 17.3 Å². The average Bonchev–Trinajstić information content (AvgIpc) is 3.23. The van der Waals surface area contributed by atoms with E-state index in [1.807, 2.05) is 41.5 Å². The number of benzene rings is 6. The lowest BCUT2D eigenvalue weighted by atomic mass is 9.85. The second-order valence-electron chi connectivity index (χ2n) is 12.1. The van der Waals surface area contributed by atoms with Gasteiger partial charge in [-0.15, -0.1) is 0 Å². The molecule has 3 nitrogen and oxygen atoms in total. The van der Waals surface area contributed by atoms with Gasteiger partial charge >= 0.3 is 0 Å². The summed E-state index contributed by atoms with van der Waals surface area (Å²) in [6, 6.07) is 64.0. The van der Waals surface area contributed by atoms with E-state index >= 15 is 0 Å². The van der Waals surface area contributed by atoms with Gasteiger partial charge in [0.1, 0.15) is 17.3 Å². The Morgan fingerprint density at radius 3 is 0.431 bits per heavy atom. The monoisotopic (exact) mass is 785 g/mol. The number of Topliss-reactive ketones (excluding diaryl/α,β-unsaturated/α-hetero) is 3. The molecule has 0 aliphatic carbocycles. The van der Waals surface area contributed by atoms with Crippen LogP contribution < -0.4 is 0 Å². The SMILES string of the molecule is C.C.CC.CC.CC.CC(C)=O.CC(C)=O.CC(C)=O.c1ccc(C(c2ccccc2)c2ccccc2)cc1.c1ccc(C(c2ccccc2)c2ccccc2)cc1. The molecule has 0 aromatic heterocycles. The molecular formula is C55H76O3. The molecule has 0 fully saturated rings. The van der Waals surface area contributed by atoms with Crippen molar-refractivity contribution in [1.82, 2.24) is 0 Å². The zero-order valence-electron chi connectivity index (χ0n) is 36.2. The normalized spacial score (nSPS) is 8.59. The van der Waals surface area contributed by atoms with Crippen LogP contribution in [-0.2, 0) is 14.4 Å². The van der Waals surface area contributed by atoms with E-state index in [2.05, 4.69) is 182 Å². The van der Waals surface area contributed by atoms with Gasteiger partial charge in [0.05, 0.1) is 0 Å². The largest absolute Gasteiger partial charge is 0.300 e. The van der Waals surface area contributed by atoms with E-state index < -0.39 is 0 Å². The molecule has 0 heterocycles. The molecule has 0 atom stereocenters. The Morgan fingerprint density at radius 2 is 0.345 bits per heavy atom.